The second-order valence-corrected chi connectivity index (χ2v) is 4.44. The number of hydrogen-bond acceptors (Lipinski definition) is 4. The molecule has 0 radical (unpaired) electrons. The third-order valence-electron chi connectivity index (χ3n) is 2.90. The third-order valence-corrected chi connectivity index (χ3v) is 2.90. The van der Waals surface area contributed by atoms with Crippen LogP contribution in [0, 0.1) is 0 Å². The third kappa shape index (κ3) is 1.67. The smallest absolute Gasteiger partial charge is 0.332 e. The standard InChI is InChI=1S/C11H16N4O3/c1-7(2)15-9-8(10(17)13(3)11(15)18)14(4-5-16)6-12-9/h6-7,16H,4-5H2,1-3H3. The number of hydrogen-bond donors (Lipinski definition) is 1. The van der Waals surface area contributed by atoms with Crippen molar-refractivity contribution in [2.75, 3.05) is 6.61 Å². The average Bonchev–Trinajstić information content (AvgIpc) is 2.70. The lowest BCUT2D eigenvalue weighted by Gasteiger charge is -2.12. The van der Waals surface area contributed by atoms with Crippen molar-refractivity contribution >= 4 is 11.2 Å². The number of fused-ring (bicyclic) bond motifs is 1. The number of rotatable bonds is 3. The van der Waals surface area contributed by atoms with Gasteiger partial charge >= 0.3 is 5.69 Å². The summed E-state index contributed by atoms with van der Waals surface area (Å²) >= 11 is 0. The van der Waals surface area contributed by atoms with Crippen molar-refractivity contribution in [3.05, 3.63) is 27.2 Å². The fraction of sp³-hybridized carbons (Fsp3) is 0.545. The SMILES string of the molecule is CC(C)n1c(=O)n(C)c(=O)c2c1ncn2CCO. The molecular formula is C11H16N4O3. The van der Waals surface area contributed by atoms with E-state index >= 15 is 0 Å². The van der Waals surface area contributed by atoms with Crippen molar-refractivity contribution in [2.45, 2.75) is 26.4 Å². The minimum absolute atomic E-state index is 0.0879. The van der Waals surface area contributed by atoms with Crippen molar-refractivity contribution < 1.29 is 5.11 Å². The Morgan fingerprint density at radius 1 is 1.39 bits per heavy atom. The van der Waals surface area contributed by atoms with Crippen LogP contribution in [0.4, 0.5) is 0 Å². The molecule has 7 nitrogen and oxygen atoms in total. The van der Waals surface area contributed by atoms with E-state index in [1.165, 1.54) is 17.9 Å². The largest absolute Gasteiger partial charge is 0.395 e. The van der Waals surface area contributed by atoms with Crippen molar-refractivity contribution in [3.8, 4) is 0 Å². The highest BCUT2D eigenvalue weighted by Crippen LogP contribution is 2.10. The molecule has 0 aliphatic heterocycles. The molecule has 2 rings (SSSR count). The Morgan fingerprint density at radius 2 is 2.06 bits per heavy atom. The summed E-state index contributed by atoms with van der Waals surface area (Å²) in [5.74, 6) is 0. The zero-order valence-corrected chi connectivity index (χ0v) is 10.6. The van der Waals surface area contributed by atoms with Crippen LogP contribution in [-0.4, -0.2) is 30.4 Å². The molecule has 0 atom stereocenters. The van der Waals surface area contributed by atoms with E-state index in [2.05, 4.69) is 4.98 Å². The van der Waals surface area contributed by atoms with Crippen LogP contribution in [0.1, 0.15) is 19.9 Å². The van der Waals surface area contributed by atoms with Crippen LogP contribution in [-0.2, 0) is 13.6 Å². The first-order valence-electron chi connectivity index (χ1n) is 5.76. The van der Waals surface area contributed by atoms with Gasteiger partial charge in [0, 0.05) is 19.6 Å². The predicted octanol–water partition coefficient (Wildman–Crippen LogP) is -0.530. The Bertz CT molecular complexity index is 693. The number of aliphatic hydroxyl groups excluding tert-OH is 1. The van der Waals surface area contributed by atoms with E-state index < -0.39 is 5.56 Å². The second-order valence-electron chi connectivity index (χ2n) is 4.44. The number of aromatic nitrogens is 4. The van der Waals surface area contributed by atoms with Crippen LogP contribution in [0.25, 0.3) is 11.2 Å². The average molecular weight is 252 g/mol. The van der Waals surface area contributed by atoms with Gasteiger partial charge < -0.3 is 9.67 Å². The highest BCUT2D eigenvalue weighted by molar-refractivity contribution is 5.70. The molecule has 0 fully saturated rings. The van der Waals surface area contributed by atoms with E-state index in [1.807, 2.05) is 13.8 Å². The van der Waals surface area contributed by atoms with Crippen molar-refractivity contribution in [3.63, 3.8) is 0 Å². The molecule has 0 aromatic carbocycles. The molecule has 1 N–H and O–H groups in total. The van der Waals surface area contributed by atoms with Crippen LogP contribution in [0.3, 0.4) is 0 Å². The number of imidazole rings is 1. The van der Waals surface area contributed by atoms with Gasteiger partial charge in [0.05, 0.1) is 12.9 Å². The van der Waals surface area contributed by atoms with Gasteiger partial charge in [0.15, 0.2) is 11.2 Å². The van der Waals surface area contributed by atoms with Crippen LogP contribution >= 0.6 is 0 Å². The molecule has 0 unspecified atom stereocenters. The molecule has 0 bridgehead atoms. The van der Waals surface area contributed by atoms with E-state index in [0.717, 1.165) is 4.57 Å². The van der Waals surface area contributed by atoms with Gasteiger partial charge in [0.2, 0.25) is 0 Å². The summed E-state index contributed by atoms with van der Waals surface area (Å²) < 4.78 is 4.11. The van der Waals surface area contributed by atoms with Crippen LogP contribution in [0.5, 0.6) is 0 Å². The topological polar surface area (TPSA) is 82.0 Å². The first-order valence-corrected chi connectivity index (χ1v) is 5.76. The number of aliphatic hydroxyl groups is 1. The Kier molecular flexibility index (Phi) is 3.08. The minimum atomic E-state index is -0.391. The van der Waals surface area contributed by atoms with Gasteiger partial charge in [-0.05, 0) is 13.8 Å². The van der Waals surface area contributed by atoms with Gasteiger partial charge in [-0.1, -0.05) is 0 Å². The highest BCUT2D eigenvalue weighted by Gasteiger charge is 2.17. The molecule has 0 saturated heterocycles. The van der Waals surface area contributed by atoms with Gasteiger partial charge in [-0.25, -0.2) is 9.78 Å². The normalized spacial score (nSPS) is 11.6. The van der Waals surface area contributed by atoms with Crippen LogP contribution in [0.15, 0.2) is 15.9 Å². The number of nitrogens with zero attached hydrogens (tertiary/aromatic N) is 4. The first-order chi connectivity index (χ1) is 8.49. The Morgan fingerprint density at radius 3 is 2.61 bits per heavy atom. The first kappa shape index (κ1) is 12.6. The molecule has 0 amide bonds. The van der Waals surface area contributed by atoms with Gasteiger partial charge in [-0.3, -0.25) is 13.9 Å². The van der Waals surface area contributed by atoms with Crippen molar-refractivity contribution in [1.29, 1.82) is 0 Å². The Labute approximate surface area is 103 Å². The van der Waals surface area contributed by atoms with Gasteiger partial charge in [-0.15, -0.1) is 0 Å². The fourth-order valence-corrected chi connectivity index (χ4v) is 2.01. The van der Waals surface area contributed by atoms with E-state index in [-0.39, 0.29) is 24.9 Å². The summed E-state index contributed by atoms with van der Waals surface area (Å²) in [5, 5.41) is 8.96. The summed E-state index contributed by atoms with van der Waals surface area (Å²) in [6, 6.07) is -0.0933. The van der Waals surface area contributed by atoms with E-state index in [0.29, 0.717) is 11.2 Å². The van der Waals surface area contributed by atoms with Crippen molar-refractivity contribution in [2.24, 2.45) is 7.05 Å². The summed E-state index contributed by atoms with van der Waals surface area (Å²) in [6.45, 7) is 3.91. The summed E-state index contributed by atoms with van der Waals surface area (Å²) in [6.07, 6.45) is 1.47. The maximum Gasteiger partial charge on any atom is 0.332 e. The van der Waals surface area contributed by atoms with Crippen LogP contribution in [0.2, 0.25) is 0 Å². The molecular weight excluding hydrogens is 236 g/mol. The molecule has 2 aromatic heterocycles. The molecule has 2 aromatic rings. The lowest BCUT2D eigenvalue weighted by atomic mass is 10.3. The molecule has 7 heteroatoms. The molecule has 2 heterocycles. The molecule has 0 aliphatic rings. The minimum Gasteiger partial charge on any atom is -0.395 e. The van der Waals surface area contributed by atoms with Gasteiger partial charge in [-0.2, -0.15) is 0 Å². The molecule has 0 aliphatic carbocycles. The summed E-state index contributed by atoms with van der Waals surface area (Å²) in [7, 11) is 1.44. The van der Waals surface area contributed by atoms with Crippen molar-refractivity contribution in [1.82, 2.24) is 18.7 Å². The maximum absolute atomic E-state index is 12.1. The molecule has 18 heavy (non-hydrogen) atoms. The molecule has 0 saturated carbocycles. The van der Waals surface area contributed by atoms with E-state index in [9.17, 15) is 9.59 Å². The molecule has 0 spiro atoms. The van der Waals surface area contributed by atoms with E-state index in [1.54, 1.807) is 4.57 Å². The molecule has 98 valence electrons. The lowest BCUT2D eigenvalue weighted by molar-refractivity contribution is 0.277. The van der Waals surface area contributed by atoms with Gasteiger partial charge in [0.25, 0.3) is 5.56 Å². The van der Waals surface area contributed by atoms with Crippen LogP contribution < -0.4 is 11.2 Å². The zero-order valence-electron chi connectivity index (χ0n) is 10.6. The second kappa shape index (κ2) is 4.41. The summed E-state index contributed by atoms with van der Waals surface area (Å²) in [5.41, 5.74) is -0.0546. The predicted molar refractivity (Wildman–Crippen MR) is 66.7 cm³/mol. The Hall–Kier alpha value is -1.89. The van der Waals surface area contributed by atoms with E-state index in [4.69, 9.17) is 5.11 Å². The maximum atomic E-state index is 12.1. The highest BCUT2D eigenvalue weighted by atomic mass is 16.3. The Balaban J connectivity index is 2.95. The quantitative estimate of drug-likeness (QED) is 0.796. The lowest BCUT2D eigenvalue weighted by Crippen LogP contribution is -2.39. The fourth-order valence-electron chi connectivity index (χ4n) is 2.01. The monoisotopic (exact) mass is 252 g/mol. The zero-order chi connectivity index (χ0) is 13.4. The summed E-state index contributed by atoms with van der Waals surface area (Å²) in [4.78, 5) is 28.2. The van der Waals surface area contributed by atoms with Gasteiger partial charge in [0.1, 0.15) is 0 Å².